The molecule has 0 spiro atoms. The number of furan rings is 1. The van der Waals surface area contributed by atoms with Crippen LogP contribution >= 0.6 is 11.3 Å². The maximum Gasteiger partial charge on any atom is 0.338 e. The molecule has 0 amide bonds. The number of hydrogen-bond acceptors (Lipinski definition) is 8. The first-order chi connectivity index (χ1) is 21.2. The zero-order chi connectivity index (χ0) is 31.4. The lowest BCUT2D eigenvalue weighted by atomic mass is 9.93. The fourth-order valence-corrected chi connectivity index (χ4v) is 6.07. The Bertz CT molecular complexity index is 1870. The van der Waals surface area contributed by atoms with Crippen LogP contribution in [0.4, 0.5) is 0 Å². The summed E-state index contributed by atoms with van der Waals surface area (Å²) in [5, 5.41) is 0. The molecular formula is C35H36N2O6S. The smallest absolute Gasteiger partial charge is 0.338 e. The van der Waals surface area contributed by atoms with E-state index in [1.807, 2.05) is 37.3 Å². The van der Waals surface area contributed by atoms with Gasteiger partial charge >= 0.3 is 11.9 Å². The van der Waals surface area contributed by atoms with Gasteiger partial charge in [-0.25, -0.2) is 14.6 Å². The van der Waals surface area contributed by atoms with Crippen molar-refractivity contribution >= 4 is 29.4 Å². The Kier molecular flexibility index (Phi) is 9.44. The summed E-state index contributed by atoms with van der Waals surface area (Å²) in [6, 6.07) is 17.9. The van der Waals surface area contributed by atoms with E-state index in [-0.39, 0.29) is 18.1 Å². The third-order valence-electron chi connectivity index (χ3n) is 7.47. The molecule has 0 fully saturated rings. The molecule has 2 aromatic carbocycles. The maximum absolute atomic E-state index is 13.9. The summed E-state index contributed by atoms with van der Waals surface area (Å²) in [5.41, 5.74) is 3.82. The van der Waals surface area contributed by atoms with E-state index in [1.165, 1.54) is 11.3 Å². The highest BCUT2D eigenvalue weighted by Crippen LogP contribution is 2.31. The lowest BCUT2D eigenvalue weighted by Crippen LogP contribution is -2.39. The minimum atomic E-state index is -0.673. The monoisotopic (exact) mass is 612 g/mol. The number of benzene rings is 2. The molecule has 5 rings (SSSR count). The number of carbonyl (C=O) groups excluding carboxylic acids is 2. The molecule has 0 saturated carbocycles. The van der Waals surface area contributed by atoms with Gasteiger partial charge in [-0.1, -0.05) is 74.9 Å². The summed E-state index contributed by atoms with van der Waals surface area (Å²) in [6.07, 6.45) is 3.47. The van der Waals surface area contributed by atoms with Crippen molar-refractivity contribution in [2.24, 2.45) is 4.99 Å². The highest BCUT2D eigenvalue weighted by atomic mass is 32.1. The SMILES string of the molecule is CCCCOC(=O)c1ccc(-c2ccc(/C=c3\sc4n(c3=O)[C@@H](c3ccc(C(C)C)cc3)C(C(=O)OCC)=C(C)N=4)o2)cc1. The molecular weight excluding hydrogens is 576 g/mol. The van der Waals surface area contributed by atoms with Gasteiger partial charge in [-0.15, -0.1) is 0 Å². The summed E-state index contributed by atoms with van der Waals surface area (Å²) < 4.78 is 18.7. The van der Waals surface area contributed by atoms with Gasteiger partial charge in [0.2, 0.25) is 0 Å². The van der Waals surface area contributed by atoms with Crippen LogP contribution in [0.3, 0.4) is 0 Å². The molecule has 0 bridgehead atoms. The van der Waals surface area contributed by atoms with E-state index in [0.717, 1.165) is 29.5 Å². The lowest BCUT2D eigenvalue weighted by molar-refractivity contribution is -0.139. The van der Waals surface area contributed by atoms with E-state index in [0.29, 0.717) is 50.2 Å². The number of ether oxygens (including phenoxy) is 2. The Morgan fingerprint density at radius 1 is 1.00 bits per heavy atom. The lowest BCUT2D eigenvalue weighted by Gasteiger charge is -2.25. The quantitative estimate of drug-likeness (QED) is 0.158. The van der Waals surface area contributed by atoms with Crippen LogP contribution in [0.2, 0.25) is 0 Å². The Balaban J connectivity index is 1.49. The van der Waals surface area contributed by atoms with Crippen molar-refractivity contribution in [1.29, 1.82) is 0 Å². The van der Waals surface area contributed by atoms with Crippen LogP contribution in [0.5, 0.6) is 0 Å². The van der Waals surface area contributed by atoms with Crippen molar-refractivity contribution < 1.29 is 23.5 Å². The second kappa shape index (κ2) is 13.4. The molecule has 1 atom stereocenters. The van der Waals surface area contributed by atoms with Gasteiger partial charge in [0.15, 0.2) is 4.80 Å². The number of hydrogen-bond donors (Lipinski definition) is 0. The summed E-state index contributed by atoms with van der Waals surface area (Å²) in [7, 11) is 0. The van der Waals surface area contributed by atoms with E-state index >= 15 is 0 Å². The molecule has 228 valence electrons. The van der Waals surface area contributed by atoms with Crippen LogP contribution in [0, 0.1) is 0 Å². The number of fused-ring (bicyclic) bond motifs is 1. The number of thiazole rings is 1. The third-order valence-corrected chi connectivity index (χ3v) is 8.46. The average Bonchev–Trinajstić information content (AvgIpc) is 3.60. The highest BCUT2D eigenvalue weighted by molar-refractivity contribution is 7.07. The Labute approximate surface area is 260 Å². The third kappa shape index (κ3) is 6.38. The number of aromatic nitrogens is 1. The number of esters is 2. The second-order valence-corrected chi connectivity index (χ2v) is 11.9. The van der Waals surface area contributed by atoms with Crippen LogP contribution < -0.4 is 14.9 Å². The van der Waals surface area contributed by atoms with Crippen molar-refractivity contribution in [3.63, 3.8) is 0 Å². The van der Waals surface area contributed by atoms with E-state index in [9.17, 15) is 14.4 Å². The Morgan fingerprint density at radius 2 is 1.73 bits per heavy atom. The van der Waals surface area contributed by atoms with Crippen LogP contribution in [0.15, 0.2) is 86.1 Å². The minimum Gasteiger partial charge on any atom is -0.463 e. The normalized spacial score (nSPS) is 14.9. The van der Waals surface area contributed by atoms with Crippen molar-refractivity contribution in [2.45, 2.75) is 59.4 Å². The molecule has 9 heteroatoms. The molecule has 0 saturated heterocycles. The summed E-state index contributed by atoms with van der Waals surface area (Å²) in [4.78, 5) is 44.4. The number of carbonyl (C=O) groups is 2. The number of nitrogens with zero attached hydrogens (tertiary/aromatic N) is 2. The van der Waals surface area contributed by atoms with Gasteiger partial charge < -0.3 is 13.9 Å². The fourth-order valence-electron chi connectivity index (χ4n) is 5.05. The first-order valence-corrected chi connectivity index (χ1v) is 15.7. The van der Waals surface area contributed by atoms with Crippen molar-refractivity contribution in [1.82, 2.24) is 4.57 Å². The zero-order valence-electron chi connectivity index (χ0n) is 25.6. The van der Waals surface area contributed by atoms with Crippen LogP contribution in [-0.2, 0) is 14.3 Å². The van der Waals surface area contributed by atoms with Gasteiger partial charge in [-0.3, -0.25) is 9.36 Å². The number of rotatable bonds is 10. The minimum absolute atomic E-state index is 0.214. The molecule has 3 heterocycles. The zero-order valence-corrected chi connectivity index (χ0v) is 26.4. The molecule has 0 unspecified atom stereocenters. The highest BCUT2D eigenvalue weighted by Gasteiger charge is 2.33. The molecule has 0 radical (unpaired) electrons. The summed E-state index contributed by atoms with van der Waals surface area (Å²) >= 11 is 1.24. The van der Waals surface area contributed by atoms with Crippen molar-refractivity contribution in [3.8, 4) is 11.3 Å². The molecule has 0 N–H and O–H groups in total. The van der Waals surface area contributed by atoms with E-state index in [2.05, 4.69) is 18.8 Å². The van der Waals surface area contributed by atoms with Gasteiger partial charge in [-0.05, 0) is 61.6 Å². The molecule has 4 aromatic rings. The maximum atomic E-state index is 13.9. The fraction of sp³-hybridized carbons (Fsp3) is 0.314. The van der Waals surface area contributed by atoms with Crippen molar-refractivity contribution in [2.75, 3.05) is 13.2 Å². The molecule has 44 heavy (non-hydrogen) atoms. The van der Waals surface area contributed by atoms with E-state index < -0.39 is 12.0 Å². The van der Waals surface area contributed by atoms with Crippen LogP contribution in [-0.4, -0.2) is 29.7 Å². The van der Waals surface area contributed by atoms with Gasteiger partial charge in [0, 0.05) is 11.6 Å². The van der Waals surface area contributed by atoms with Gasteiger partial charge in [0.05, 0.1) is 40.6 Å². The average molecular weight is 613 g/mol. The second-order valence-electron chi connectivity index (χ2n) is 10.9. The standard InChI is InChI=1S/C35H36N2O6S/c1-6-8-19-42-33(39)26-15-11-24(12-16-26)28-18-17-27(43-28)20-29-32(38)37-31(25-13-9-23(10-14-25)21(3)4)30(34(40)41-7-2)22(5)36-35(37)44-29/h9-18,20-21,31H,6-8,19H2,1-5H3/b29-20-/t31-/m0/s1. The van der Waals surface area contributed by atoms with Gasteiger partial charge in [0.1, 0.15) is 11.5 Å². The topological polar surface area (TPSA) is 100 Å². The first-order valence-electron chi connectivity index (χ1n) is 14.9. The number of allylic oxidation sites excluding steroid dienone is 1. The van der Waals surface area contributed by atoms with Gasteiger partial charge in [0.25, 0.3) is 5.56 Å². The summed E-state index contributed by atoms with van der Waals surface area (Å²) in [6.45, 7) is 10.4. The number of unbranched alkanes of at least 4 members (excludes halogenated alkanes) is 1. The summed E-state index contributed by atoms with van der Waals surface area (Å²) in [5.74, 6) is 0.593. The van der Waals surface area contributed by atoms with Crippen molar-refractivity contribution in [3.05, 3.63) is 114 Å². The molecule has 0 aliphatic carbocycles. The largest absolute Gasteiger partial charge is 0.463 e. The van der Waals surface area contributed by atoms with E-state index in [4.69, 9.17) is 13.9 Å². The van der Waals surface area contributed by atoms with E-state index in [1.54, 1.807) is 54.8 Å². The van der Waals surface area contributed by atoms with Crippen LogP contribution in [0.25, 0.3) is 17.4 Å². The van der Waals surface area contributed by atoms with Gasteiger partial charge in [-0.2, -0.15) is 0 Å². The molecule has 1 aliphatic heterocycles. The Hall–Kier alpha value is -4.50. The molecule has 2 aromatic heterocycles. The predicted molar refractivity (Wildman–Crippen MR) is 170 cm³/mol. The van der Waals surface area contributed by atoms with Crippen LogP contribution in [0.1, 0.15) is 86.7 Å². The Morgan fingerprint density at radius 3 is 2.39 bits per heavy atom. The first kappa shape index (κ1) is 30.9. The molecule has 8 nitrogen and oxygen atoms in total. The predicted octanol–water partition coefficient (Wildman–Crippen LogP) is 6.14. The molecule has 1 aliphatic rings.